The van der Waals surface area contributed by atoms with Gasteiger partial charge in [0.25, 0.3) is 0 Å². The Labute approximate surface area is 469 Å². The zero-order valence-corrected chi connectivity index (χ0v) is 44.6. The summed E-state index contributed by atoms with van der Waals surface area (Å²) in [5.74, 6) is -0.657. The molecule has 0 N–H and O–H groups in total. The van der Waals surface area contributed by atoms with E-state index < -0.39 is 67.4 Å². The second-order valence-electron chi connectivity index (χ2n) is 19.8. The molecule has 2 fully saturated rings. The van der Waals surface area contributed by atoms with E-state index in [0.717, 1.165) is 44.5 Å². The van der Waals surface area contributed by atoms with Gasteiger partial charge in [0.15, 0.2) is 18.7 Å². The van der Waals surface area contributed by atoms with Gasteiger partial charge in [-0.2, -0.15) is 0 Å². The number of hydrogen-bond donors (Lipinski definition) is 0. The monoisotopic (exact) mass is 1080 g/mol. The second kappa shape index (κ2) is 29.9. The fourth-order valence-electron chi connectivity index (χ4n) is 9.75. The van der Waals surface area contributed by atoms with Gasteiger partial charge in [0.05, 0.1) is 52.9 Å². The third kappa shape index (κ3) is 16.2. The van der Waals surface area contributed by atoms with Crippen LogP contribution in [0.25, 0.3) is 0 Å². The van der Waals surface area contributed by atoms with Crippen LogP contribution in [0.15, 0.2) is 243 Å². The molecular weight excluding hydrogens is 1010 g/mol. The first-order valence-corrected chi connectivity index (χ1v) is 27.3. The maximum Gasteiger partial charge on any atom is 0.338 e. The summed E-state index contributed by atoms with van der Waals surface area (Å²) in [6.07, 6.45) is -9.83. The molecule has 8 aromatic carbocycles. The molecule has 12 nitrogen and oxygen atoms in total. The fourth-order valence-corrected chi connectivity index (χ4v) is 9.75. The van der Waals surface area contributed by atoms with Gasteiger partial charge in [0.1, 0.15) is 49.3 Å². The largest absolute Gasteiger partial charge is 0.459 e. The first-order valence-electron chi connectivity index (χ1n) is 27.3. The van der Waals surface area contributed by atoms with Crippen LogP contribution in [0.4, 0.5) is 0 Å². The van der Waals surface area contributed by atoms with E-state index in [9.17, 15) is 4.79 Å². The molecule has 80 heavy (non-hydrogen) atoms. The van der Waals surface area contributed by atoms with Crippen molar-refractivity contribution in [1.29, 1.82) is 0 Å². The number of hydrogen-bond acceptors (Lipinski definition) is 12. The van der Waals surface area contributed by atoms with E-state index >= 15 is 0 Å². The first kappa shape index (κ1) is 56.1. The molecule has 412 valence electrons. The molecule has 0 spiro atoms. The van der Waals surface area contributed by atoms with E-state index in [2.05, 4.69) is 0 Å². The normalized spacial score (nSPS) is 22.8. The van der Waals surface area contributed by atoms with E-state index in [1.165, 1.54) is 0 Å². The quantitative estimate of drug-likeness (QED) is 0.0456. The predicted molar refractivity (Wildman–Crippen MR) is 301 cm³/mol. The molecule has 2 aliphatic rings. The van der Waals surface area contributed by atoms with E-state index in [-0.39, 0.29) is 59.5 Å². The molecule has 0 aromatic heterocycles. The predicted octanol–water partition coefficient (Wildman–Crippen LogP) is 11.9. The average molecular weight is 1080 g/mol. The molecule has 2 aliphatic heterocycles. The van der Waals surface area contributed by atoms with Gasteiger partial charge in [-0.05, 0) is 44.5 Å². The highest BCUT2D eigenvalue weighted by molar-refractivity contribution is 5.76. The number of esters is 1. The summed E-state index contributed by atoms with van der Waals surface area (Å²) < 4.78 is 75.7. The second-order valence-corrected chi connectivity index (χ2v) is 19.8. The van der Waals surface area contributed by atoms with Crippen LogP contribution in [-0.2, 0) is 110 Å². The summed E-state index contributed by atoms with van der Waals surface area (Å²) in [5.41, 5.74) is 7.32. The van der Waals surface area contributed by atoms with Crippen molar-refractivity contribution in [3.63, 3.8) is 0 Å². The van der Waals surface area contributed by atoms with Crippen molar-refractivity contribution in [2.24, 2.45) is 0 Å². The minimum atomic E-state index is -1.35. The van der Waals surface area contributed by atoms with Crippen LogP contribution in [0.3, 0.4) is 0 Å². The molecule has 12 heteroatoms. The van der Waals surface area contributed by atoms with Gasteiger partial charge in [-0.25, -0.2) is 4.79 Å². The molecule has 10 rings (SSSR count). The highest BCUT2D eigenvalue weighted by Crippen LogP contribution is 2.36. The van der Waals surface area contributed by atoms with E-state index in [4.69, 9.17) is 52.1 Å². The Kier molecular flexibility index (Phi) is 21.0. The van der Waals surface area contributed by atoms with Gasteiger partial charge in [0.2, 0.25) is 0 Å². The van der Waals surface area contributed by atoms with Gasteiger partial charge in [-0.3, -0.25) is 0 Å². The third-order valence-electron chi connectivity index (χ3n) is 13.9. The van der Waals surface area contributed by atoms with Gasteiger partial charge in [-0.15, -0.1) is 0 Å². The van der Waals surface area contributed by atoms with Crippen molar-refractivity contribution in [3.05, 3.63) is 287 Å². The molecule has 2 saturated heterocycles. The Balaban J connectivity index is 1.02. The highest BCUT2D eigenvalue weighted by atomic mass is 16.8. The standard InChI is InChI=1S/C68H68O12/c69-66(76-47-56-37-21-7-22-38-56)63-61(72-43-52-29-13-3-14-30-52)62(73-44-53-31-15-4-16-32-53)65(75-46-55-35-19-6-20-36-55)68(80-63)78-49-58-59(70-41-50-25-9-1-10-26-50)60(71-42-51-27-11-2-12-28-51)64(74-45-54-33-17-5-18-34-54)67(79-58)77-48-57-39-23-8-24-40-57/h1-40,58-65,67-68H,41-49H2/t58-,59-,60+,61+,62+,63+,64-,65-,67+,68+/m1/s1. The number of ether oxygens (including phenoxy) is 11. The number of carbonyl (C=O) groups is 1. The smallest absolute Gasteiger partial charge is 0.338 e. The van der Waals surface area contributed by atoms with Crippen molar-refractivity contribution >= 4 is 5.97 Å². The SMILES string of the molecule is O=C(OCc1ccccc1)[C@H]1O[C@H](OC[C@H]2O[C@H](OCc3ccccc3)[C@H](OCc3ccccc3)[C@@H](OCc3ccccc3)[C@@H]2OCc2ccccc2)[C@H](OCc2ccccc2)[C@@H](OCc2ccccc2)[C@@H]1OCc1ccccc1. The molecule has 0 amide bonds. The lowest BCUT2D eigenvalue weighted by Crippen LogP contribution is -2.64. The van der Waals surface area contributed by atoms with Crippen molar-refractivity contribution in [3.8, 4) is 0 Å². The minimum Gasteiger partial charge on any atom is -0.459 e. The molecule has 2 heterocycles. The first-order chi connectivity index (χ1) is 39.6. The molecule has 0 radical (unpaired) electrons. The van der Waals surface area contributed by atoms with Crippen LogP contribution < -0.4 is 0 Å². The Morgan fingerprint density at radius 1 is 0.275 bits per heavy atom. The van der Waals surface area contributed by atoms with Gasteiger partial charge in [-0.1, -0.05) is 243 Å². The Hall–Kier alpha value is -7.17. The van der Waals surface area contributed by atoms with Crippen molar-refractivity contribution in [1.82, 2.24) is 0 Å². The van der Waals surface area contributed by atoms with Gasteiger partial charge >= 0.3 is 5.97 Å². The summed E-state index contributed by atoms with van der Waals surface area (Å²) in [4.78, 5) is 14.8. The summed E-state index contributed by atoms with van der Waals surface area (Å²) in [6.45, 7) is 1.21. The molecule has 8 aromatic rings. The van der Waals surface area contributed by atoms with Gasteiger partial charge < -0.3 is 52.1 Å². The fraction of sp³-hybridized carbons (Fsp3) is 0.279. The Morgan fingerprint density at radius 3 is 0.887 bits per heavy atom. The van der Waals surface area contributed by atoms with E-state index in [0.29, 0.717) is 0 Å². The Morgan fingerprint density at radius 2 is 0.537 bits per heavy atom. The molecule has 0 bridgehead atoms. The van der Waals surface area contributed by atoms with Crippen LogP contribution in [0.5, 0.6) is 0 Å². The lowest BCUT2D eigenvalue weighted by Gasteiger charge is -2.47. The number of rotatable bonds is 27. The maximum atomic E-state index is 14.8. The molecule has 0 saturated carbocycles. The summed E-state index contributed by atoms with van der Waals surface area (Å²) in [5, 5.41) is 0. The Bertz CT molecular complexity index is 2980. The zero-order chi connectivity index (χ0) is 54.4. The minimum absolute atomic E-state index is 0.00145. The summed E-state index contributed by atoms with van der Waals surface area (Å²) in [6, 6.07) is 78.7. The molecule has 10 atom stereocenters. The lowest BCUT2D eigenvalue weighted by atomic mass is 9.96. The van der Waals surface area contributed by atoms with Crippen LogP contribution in [0.1, 0.15) is 44.5 Å². The van der Waals surface area contributed by atoms with Crippen molar-refractivity contribution in [2.75, 3.05) is 6.61 Å². The van der Waals surface area contributed by atoms with E-state index in [1.807, 2.05) is 243 Å². The average Bonchev–Trinajstić information content (AvgIpc) is 3.54. The van der Waals surface area contributed by atoms with Crippen molar-refractivity contribution in [2.45, 2.75) is 114 Å². The summed E-state index contributed by atoms with van der Waals surface area (Å²) >= 11 is 0. The number of carbonyl (C=O) groups excluding carboxylic acids is 1. The maximum absolute atomic E-state index is 14.8. The third-order valence-corrected chi connectivity index (χ3v) is 13.9. The lowest BCUT2D eigenvalue weighted by molar-refractivity contribution is -0.351. The number of benzene rings is 8. The molecular formula is C68H68O12. The van der Waals surface area contributed by atoms with Crippen LogP contribution in [0, 0.1) is 0 Å². The van der Waals surface area contributed by atoms with Crippen LogP contribution in [0.2, 0.25) is 0 Å². The van der Waals surface area contributed by atoms with Crippen LogP contribution >= 0.6 is 0 Å². The molecule has 0 aliphatic carbocycles. The van der Waals surface area contributed by atoms with Gasteiger partial charge in [0, 0.05) is 0 Å². The zero-order valence-electron chi connectivity index (χ0n) is 44.6. The summed E-state index contributed by atoms with van der Waals surface area (Å²) in [7, 11) is 0. The molecule has 0 unspecified atom stereocenters. The topological polar surface area (TPSA) is 119 Å². The van der Waals surface area contributed by atoms with Crippen LogP contribution in [-0.4, -0.2) is 74.0 Å². The van der Waals surface area contributed by atoms with E-state index in [1.54, 1.807) is 0 Å². The van der Waals surface area contributed by atoms with Crippen molar-refractivity contribution < 1.29 is 56.9 Å². The highest BCUT2D eigenvalue weighted by Gasteiger charge is 2.54.